The van der Waals surface area contributed by atoms with E-state index >= 15 is 0 Å². The summed E-state index contributed by atoms with van der Waals surface area (Å²) in [4.78, 5) is 2.00. The third kappa shape index (κ3) is 1.17. The molecule has 0 spiro atoms. The maximum atomic E-state index is 3.86. The standard InChI is InChI=1S/C8H9N3/c1-2-6-11(7-3-1)8-4-5-9-10-8/h2-7H,1H2,(H,9,10). The van der Waals surface area contributed by atoms with E-state index in [1.807, 2.05) is 23.4 Å². The lowest BCUT2D eigenvalue weighted by molar-refractivity contribution is 1.04. The Hall–Kier alpha value is -1.51. The van der Waals surface area contributed by atoms with Gasteiger partial charge in [-0.3, -0.25) is 5.10 Å². The van der Waals surface area contributed by atoms with Crippen LogP contribution in [0.4, 0.5) is 5.82 Å². The van der Waals surface area contributed by atoms with Crippen molar-refractivity contribution in [3.63, 3.8) is 0 Å². The molecule has 0 saturated heterocycles. The summed E-state index contributed by atoms with van der Waals surface area (Å²) in [5.74, 6) is 0.997. The minimum atomic E-state index is 0.997. The molecule has 2 rings (SSSR count). The van der Waals surface area contributed by atoms with Gasteiger partial charge in [-0.25, -0.2) is 0 Å². The summed E-state index contributed by atoms with van der Waals surface area (Å²) in [5.41, 5.74) is 0. The number of aromatic amines is 1. The number of rotatable bonds is 1. The van der Waals surface area contributed by atoms with Gasteiger partial charge >= 0.3 is 0 Å². The third-order valence-electron chi connectivity index (χ3n) is 1.57. The summed E-state index contributed by atoms with van der Waals surface area (Å²) in [7, 11) is 0. The van der Waals surface area contributed by atoms with E-state index in [0.29, 0.717) is 0 Å². The quantitative estimate of drug-likeness (QED) is 0.655. The second-order valence-corrected chi connectivity index (χ2v) is 2.35. The van der Waals surface area contributed by atoms with E-state index in [0.717, 1.165) is 12.2 Å². The van der Waals surface area contributed by atoms with Crippen molar-refractivity contribution < 1.29 is 0 Å². The van der Waals surface area contributed by atoms with Crippen molar-refractivity contribution in [3.05, 3.63) is 36.8 Å². The van der Waals surface area contributed by atoms with Gasteiger partial charge in [-0.2, -0.15) is 5.10 Å². The molecule has 1 aliphatic rings. The number of anilines is 1. The van der Waals surface area contributed by atoms with E-state index in [2.05, 4.69) is 22.3 Å². The second-order valence-electron chi connectivity index (χ2n) is 2.35. The lowest BCUT2D eigenvalue weighted by atomic mass is 10.3. The fourth-order valence-corrected chi connectivity index (χ4v) is 1.03. The first-order valence-corrected chi connectivity index (χ1v) is 3.58. The van der Waals surface area contributed by atoms with E-state index in [1.54, 1.807) is 6.20 Å². The molecular formula is C8H9N3. The van der Waals surface area contributed by atoms with E-state index in [-0.39, 0.29) is 0 Å². The maximum Gasteiger partial charge on any atom is 0.132 e. The fraction of sp³-hybridized carbons (Fsp3) is 0.125. The van der Waals surface area contributed by atoms with Crippen LogP contribution in [0.15, 0.2) is 36.8 Å². The van der Waals surface area contributed by atoms with Crippen LogP contribution in [-0.2, 0) is 0 Å². The number of allylic oxidation sites excluding steroid dienone is 2. The number of H-pyrrole nitrogens is 1. The first-order chi connectivity index (χ1) is 5.47. The van der Waals surface area contributed by atoms with Crippen LogP contribution in [0.25, 0.3) is 0 Å². The highest BCUT2D eigenvalue weighted by Gasteiger charge is 2.00. The van der Waals surface area contributed by atoms with Gasteiger partial charge in [0.15, 0.2) is 0 Å². The van der Waals surface area contributed by atoms with Gasteiger partial charge in [0.2, 0.25) is 0 Å². The van der Waals surface area contributed by atoms with Gasteiger partial charge in [-0.15, -0.1) is 0 Å². The minimum Gasteiger partial charge on any atom is -0.310 e. The molecule has 0 aliphatic carbocycles. The van der Waals surface area contributed by atoms with Crippen molar-refractivity contribution in [2.45, 2.75) is 6.42 Å². The van der Waals surface area contributed by atoms with E-state index in [9.17, 15) is 0 Å². The smallest absolute Gasteiger partial charge is 0.132 e. The van der Waals surface area contributed by atoms with Gasteiger partial charge in [0, 0.05) is 18.5 Å². The van der Waals surface area contributed by atoms with Crippen LogP contribution < -0.4 is 4.90 Å². The second kappa shape index (κ2) is 2.62. The van der Waals surface area contributed by atoms with E-state index < -0.39 is 0 Å². The molecule has 11 heavy (non-hydrogen) atoms. The molecule has 3 nitrogen and oxygen atoms in total. The van der Waals surface area contributed by atoms with Crippen LogP contribution in [0, 0.1) is 0 Å². The van der Waals surface area contributed by atoms with Crippen LogP contribution in [0.1, 0.15) is 6.42 Å². The van der Waals surface area contributed by atoms with Crippen LogP contribution in [-0.4, -0.2) is 10.2 Å². The van der Waals surface area contributed by atoms with E-state index in [1.165, 1.54) is 0 Å². The molecule has 0 bridgehead atoms. The van der Waals surface area contributed by atoms with Gasteiger partial charge in [-0.1, -0.05) is 12.2 Å². The minimum absolute atomic E-state index is 0.997. The zero-order chi connectivity index (χ0) is 7.52. The Labute approximate surface area is 65.0 Å². The van der Waals surface area contributed by atoms with Crippen molar-refractivity contribution in [1.82, 2.24) is 10.2 Å². The number of aromatic nitrogens is 2. The Morgan fingerprint density at radius 3 is 2.82 bits per heavy atom. The van der Waals surface area contributed by atoms with E-state index in [4.69, 9.17) is 0 Å². The Balaban J connectivity index is 2.23. The molecule has 2 heterocycles. The molecule has 3 heteroatoms. The Bertz CT molecular complexity index is 260. The Kier molecular flexibility index (Phi) is 1.48. The predicted octanol–water partition coefficient (Wildman–Crippen LogP) is 1.65. The topological polar surface area (TPSA) is 31.9 Å². The molecule has 56 valence electrons. The van der Waals surface area contributed by atoms with Crippen LogP contribution in [0.2, 0.25) is 0 Å². The zero-order valence-corrected chi connectivity index (χ0v) is 6.07. The van der Waals surface area contributed by atoms with Gasteiger partial charge in [0.25, 0.3) is 0 Å². The molecule has 0 amide bonds. The Morgan fingerprint density at radius 2 is 2.18 bits per heavy atom. The molecule has 0 aromatic carbocycles. The van der Waals surface area contributed by atoms with Gasteiger partial charge < -0.3 is 4.90 Å². The number of hydrogen-bond donors (Lipinski definition) is 1. The summed E-state index contributed by atoms with van der Waals surface area (Å²) < 4.78 is 0. The highest BCUT2D eigenvalue weighted by molar-refractivity contribution is 5.45. The molecule has 0 fully saturated rings. The number of nitrogens with one attached hydrogen (secondary N) is 1. The summed E-state index contributed by atoms with van der Waals surface area (Å²) in [6.45, 7) is 0. The number of nitrogens with zero attached hydrogens (tertiary/aromatic N) is 2. The summed E-state index contributed by atoms with van der Waals surface area (Å²) in [6, 6.07) is 1.93. The molecule has 0 saturated carbocycles. The van der Waals surface area contributed by atoms with Crippen molar-refractivity contribution >= 4 is 5.82 Å². The van der Waals surface area contributed by atoms with Crippen LogP contribution in [0.5, 0.6) is 0 Å². The van der Waals surface area contributed by atoms with Crippen molar-refractivity contribution in [2.24, 2.45) is 0 Å². The maximum absolute atomic E-state index is 3.86. The lowest BCUT2D eigenvalue weighted by Crippen LogP contribution is -2.08. The molecule has 1 N–H and O–H groups in total. The summed E-state index contributed by atoms with van der Waals surface area (Å²) in [6.07, 6.45) is 11.0. The lowest BCUT2D eigenvalue weighted by Gasteiger charge is -2.14. The van der Waals surface area contributed by atoms with Gasteiger partial charge in [0.05, 0.1) is 6.20 Å². The molecule has 1 aromatic heterocycles. The third-order valence-corrected chi connectivity index (χ3v) is 1.57. The largest absolute Gasteiger partial charge is 0.310 e. The SMILES string of the molecule is C1=CN(c2ccn[nH]2)C=CC1. The summed E-state index contributed by atoms with van der Waals surface area (Å²) in [5, 5.41) is 6.74. The van der Waals surface area contributed by atoms with Crippen LogP contribution >= 0.6 is 0 Å². The first kappa shape index (κ1) is 6.22. The van der Waals surface area contributed by atoms with Gasteiger partial charge in [-0.05, 0) is 6.42 Å². The molecular weight excluding hydrogens is 138 g/mol. The van der Waals surface area contributed by atoms with Crippen molar-refractivity contribution in [1.29, 1.82) is 0 Å². The molecule has 1 aromatic rings. The fourth-order valence-electron chi connectivity index (χ4n) is 1.03. The zero-order valence-electron chi connectivity index (χ0n) is 6.07. The molecule has 0 unspecified atom stereocenters. The highest BCUT2D eigenvalue weighted by Crippen LogP contribution is 2.12. The molecule has 0 radical (unpaired) electrons. The Morgan fingerprint density at radius 1 is 1.36 bits per heavy atom. The normalized spacial score (nSPS) is 15.8. The average molecular weight is 147 g/mol. The predicted molar refractivity (Wildman–Crippen MR) is 44.0 cm³/mol. The monoisotopic (exact) mass is 147 g/mol. The molecule has 0 atom stereocenters. The first-order valence-electron chi connectivity index (χ1n) is 3.58. The highest BCUT2D eigenvalue weighted by atomic mass is 15.2. The average Bonchev–Trinajstić information content (AvgIpc) is 2.58. The number of hydrogen-bond acceptors (Lipinski definition) is 2. The van der Waals surface area contributed by atoms with Gasteiger partial charge in [0.1, 0.15) is 5.82 Å². The molecule has 1 aliphatic heterocycles. The van der Waals surface area contributed by atoms with Crippen molar-refractivity contribution in [3.8, 4) is 0 Å². The van der Waals surface area contributed by atoms with Crippen molar-refractivity contribution in [2.75, 3.05) is 4.90 Å². The summed E-state index contributed by atoms with van der Waals surface area (Å²) >= 11 is 0. The van der Waals surface area contributed by atoms with Crippen LogP contribution in [0.3, 0.4) is 0 Å².